The molecule has 0 spiro atoms. The van der Waals surface area contributed by atoms with Crippen LogP contribution in [0.15, 0.2) is 24.3 Å². The van der Waals surface area contributed by atoms with E-state index in [9.17, 15) is 30.0 Å². The van der Waals surface area contributed by atoms with Crippen LogP contribution in [0, 0.1) is 92.7 Å². The second-order valence-corrected chi connectivity index (χ2v) is 26.0. The number of ether oxygens (including phenoxy) is 2. The molecule has 0 aliphatic heterocycles. The van der Waals surface area contributed by atoms with E-state index in [0.717, 1.165) is 90.4 Å². The van der Waals surface area contributed by atoms with Crippen molar-refractivity contribution in [2.24, 2.45) is 104 Å². The zero-order chi connectivity index (χ0) is 49.9. The van der Waals surface area contributed by atoms with Crippen molar-refractivity contribution in [2.75, 3.05) is 39.3 Å². The maximum Gasteiger partial charge on any atom is 0.338 e. The van der Waals surface area contributed by atoms with Crippen molar-refractivity contribution >= 4 is 11.9 Å². The predicted octanol–water partition coefficient (Wildman–Crippen LogP) is 7.09. The van der Waals surface area contributed by atoms with Crippen LogP contribution in [-0.2, 0) is 9.47 Å². The number of nitrogens with two attached hydrogens (primary N) is 2. The van der Waals surface area contributed by atoms with Crippen molar-refractivity contribution in [3.05, 3.63) is 35.4 Å². The third-order valence-electron chi connectivity index (χ3n) is 23.1. The predicted molar refractivity (Wildman–Crippen MR) is 272 cm³/mol. The molecule has 8 saturated carbocycles. The van der Waals surface area contributed by atoms with Gasteiger partial charge in [-0.2, -0.15) is 0 Å². The average Bonchev–Trinajstić information content (AvgIpc) is 3.89. The van der Waals surface area contributed by atoms with Crippen LogP contribution in [0.25, 0.3) is 0 Å². The van der Waals surface area contributed by atoms with E-state index < -0.39 is 36.4 Å². The van der Waals surface area contributed by atoms with Crippen molar-refractivity contribution in [3.8, 4) is 0 Å². The van der Waals surface area contributed by atoms with E-state index in [1.165, 1.54) is 0 Å². The second-order valence-electron chi connectivity index (χ2n) is 26.0. The first-order chi connectivity index (χ1) is 33.4. The zero-order valence-corrected chi connectivity index (χ0v) is 43.8. The highest BCUT2D eigenvalue weighted by Crippen LogP contribution is 2.70. The molecule has 70 heavy (non-hydrogen) atoms. The molecular weight excluding hydrogens is 881 g/mol. The molecule has 394 valence electrons. The molecule has 0 aromatic heterocycles. The number of benzene rings is 1. The lowest BCUT2D eigenvalue weighted by atomic mass is 9.43. The van der Waals surface area contributed by atoms with Crippen molar-refractivity contribution < 1.29 is 39.5 Å². The van der Waals surface area contributed by atoms with Crippen LogP contribution in [0.1, 0.15) is 165 Å². The molecule has 1 aromatic carbocycles. The van der Waals surface area contributed by atoms with Gasteiger partial charge in [0, 0.05) is 26.2 Å². The topological polar surface area (TPSA) is 210 Å². The van der Waals surface area contributed by atoms with Gasteiger partial charge in [0.1, 0.15) is 12.2 Å². The van der Waals surface area contributed by atoms with Crippen LogP contribution in [0.4, 0.5) is 0 Å². The summed E-state index contributed by atoms with van der Waals surface area (Å²) >= 11 is 0. The minimum atomic E-state index is -0.446. The van der Waals surface area contributed by atoms with Crippen LogP contribution in [0.3, 0.4) is 0 Å². The van der Waals surface area contributed by atoms with E-state index in [1.807, 2.05) is 0 Å². The zero-order valence-electron chi connectivity index (χ0n) is 43.8. The third-order valence-corrected chi connectivity index (χ3v) is 23.1. The summed E-state index contributed by atoms with van der Waals surface area (Å²) in [5.41, 5.74) is 11.5. The maximum absolute atomic E-state index is 13.8. The fourth-order valence-electron chi connectivity index (χ4n) is 19.2. The van der Waals surface area contributed by atoms with Crippen molar-refractivity contribution in [1.29, 1.82) is 0 Å². The van der Waals surface area contributed by atoms with Gasteiger partial charge in [0.05, 0.1) is 35.5 Å². The monoisotopic (exact) mass is 975 g/mol. The molecule has 12 heteroatoms. The largest absolute Gasteiger partial charge is 0.459 e. The Morgan fingerprint density at radius 3 is 1.41 bits per heavy atom. The molecule has 0 bridgehead atoms. The van der Waals surface area contributed by atoms with Gasteiger partial charge < -0.3 is 52.0 Å². The van der Waals surface area contributed by atoms with Gasteiger partial charge in [0.15, 0.2) is 0 Å². The number of hydrogen-bond donors (Lipinski definition) is 8. The van der Waals surface area contributed by atoms with Gasteiger partial charge in [0.2, 0.25) is 0 Å². The second kappa shape index (κ2) is 20.9. The number of nitrogens with one attached hydrogen (secondary N) is 2. The van der Waals surface area contributed by atoms with Gasteiger partial charge in [-0.05, 0) is 227 Å². The van der Waals surface area contributed by atoms with E-state index in [4.69, 9.17) is 20.9 Å². The quantitative estimate of drug-likeness (QED) is 0.0617. The first-order valence-electron chi connectivity index (χ1n) is 28.5. The Hall–Kier alpha value is -2.16. The Morgan fingerprint density at radius 2 is 1.01 bits per heavy atom. The number of hydrogen-bond acceptors (Lipinski definition) is 12. The van der Waals surface area contributed by atoms with Crippen LogP contribution in [0.2, 0.25) is 0 Å². The Morgan fingerprint density at radius 1 is 0.600 bits per heavy atom. The fraction of sp³-hybridized carbons (Fsp3) is 0.862. The summed E-state index contributed by atoms with van der Waals surface area (Å²) in [5, 5.41) is 55.2. The van der Waals surface area contributed by atoms with Crippen LogP contribution in [-0.4, -0.2) is 108 Å². The molecule has 0 heterocycles. The van der Waals surface area contributed by atoms with Gasteiger partial charge in [-0.15, -0.1) is 0 Å². The summed E-state index contributed by atoms with van der Waals surface area (Å²) in [5.74, 6) is 2.61. The molecule has 6 unspecified atom stereocenters. The lowest BCUT2D eigenvalue weighted by molar-refractivity contribution is -0.207. The first kappa shape index (κ1) is 52.7. The number of aliphatic hydroxyl groups excluding tert-OH is 4. The number of carbonyl (C=O) groups is 2. The smallest absolute Gasteiger partial charge is 0.338 e. The average molecular weight is 975 g/mol. The molecule has 8 aliphatic carbocycles. The Kier molecular flexibility index (Phi) is 15.7. The van der Waals surface area contributed by atoms with E-state index >= 15 is 0 Å². The highest BCUT2D eigenvalue weighted by atomic mass is 16.5. The van der Waals surface area contributed by atoms with Crippen LogP contribution >= 0.6 is 0 Å². The highest BCUT2D eigenvalue weighted by molar-refractivity contribution is 5.95. The number of rotatable bonds is 16. The number of carbonyl (C=O) groups excluding carboxylic acids is 2. The number of fused-ring (bicyclic) bond motifs is 10. The molecule has 8 aliphatic rings. The van der Waals surface area contributed by atoms with E-state index in [0.29, 0.717) is 86.4 Å². The van der Waals surface area contributed by atoms with Crippen molar-refractivity contribution in [2.45, 2.75) is 181 Å². The van der Waals surface area contributed by atoms with E-state index in [1.54, 1.807) is 24.3 Å². The van der Waals surface area contributed by atoms with E-state index in [2.05, 4.69) is 52.2 Å². The normalized spacial score (nSPS) is 46.0. The van der Waals surface area contributed by atoms with Gasteiger partial charge in [-0.25, -0.2) is 9.59 Å². The molecule has 22 atom stereocenters. The Labute approximate surface area is 420 Å². The molecule has 0 amide bonds. The summed E-state index contributed by atoms with van der Waals surface area (Å²) < 4.78 is 12.5. The summed E-state index contributed by atoms with van der Waals surface area (Å²) in [7, 11) is 0. The van der Waals surface area contributed by atoms with Gasteiger partial charge in [-0.3, -0.25) is 0 Å². The lowest BCUT2D eigenvalue weighted by Gasteiger charge is -2.63. The van der Waals surface area contributed by atoms with Gasteiger partial charge in [0.25, 0.3) is 0 Å². The SMILES string of the molecule is C[C@H](CCNCCN)[C@H]1CC[C@H]2[C@@H]3C(O)C[C@H]4CC(OC(=O)c5cccc(C(=O)OC6CC[C@@]7(C)[C@H](C6)CC(O)[C@@H]6[C@@H]7CC(O)[C@]7(C)[C@@H]([C@H](C)CCNCCN)CC[C@@H]67)c5)CC[C@]4(C)[C@H]3CC(O)[C@]12C. The minimum absolute atomic E-state index is 0.0530. The molecule has 8 fully saturated rings. The van der Waals surface area contributed by atoms with Crippen molar-refractivity contribution in [1.82, 2.24) is 10.6 Å². The number of aliphatic hydroxyl groups is 4. The molecule has 0 radical (unpaired) electrons. The summed E-state index contributed by atoms with van der Waals surface area (Å²) in [4.78, 5) is 27.7. The van der Waals surface area contributed by atoms with Crippen molar-refractivity contribution in [3.63, 3.8) is 0 Å². The van der Waals surface area contributed by atoms with E-state index in [-0.39, 0.29) is 81.2 Å². The Balaban J connectivity index is 0.787. The minimum Gasteiger partial charge on any atom is -0.459 e. The Bertz CT molecular complexity index is 1860. The first-order valence-corrected chi connectivity index (χ1v) is 28.5. The maximum atomic E-state index is 13.8. The summed E-state index contributed by atoms with van der Waals surface area (Å²) in [6, 6.07) is 6.74. The number of esters is 2. The van der Waals surface area contributed by atoms with Gasteiger partial charge >= 0.3 is 11.9 Å². The lowest BCUT2D eigenvalue weighted by Crippen LogP contribution is -2.62. The molecule has 12 nitrogen and oxygen atoms in total. The van der Waals surface area contributed by atoms with Crippen LogP contribution < -0.4 is 22.1 Å². The highest BCUT2D eigenvalue weighted by Gasteiger charge is 2.68. The van der Waals surface area contributed by atoms with Crippen LogP contribution in [0.5, 0.6) is 0 Å². The molecular formula is C58H94N4O8. The summed E-state index contributed by atoms with van der Waals surface area (Å²) in [6.45, 7) is 18.9. The standard InChI is InChI=1S/C58H94N4O8/c1-33(16-22-61-24-20-59)41-10-12-43-51-45(31-49(65)57(41,43)5)55(3)18-14-39(27-37(55)29-47(51)63)69-53(67)35-8-7-9-36(26-35)54(68)70-40-15-19-56(4)38(28-40)30-48(64)52-44-13-11-42(34(2)17-23-62-25-21-60)58(44,6)50(66)32-46(52)56/h7-9,26,33-34,37-52,61-66H,10-25,27-32,59-60H2,1-6H3/t33-,34-,37-,38-,39?,40?,41-,42-,43+,44+,45+,46+,47?,48?,49?,50?,51+,52+,55+,56+,57-,58-/m1/s1. The molecule has 1 aromatic rings. The molecule has 10 N–H and O–H groups in total. The molecule has 0 saturated heterocycles. The third kappa shape index (κ3) is 9.16. The summed E-state index contributed by atoms with van der Waals surface area (Å²) in [6.07, 6.45) is 11.5. The van der Waals surface area contributed by atoms with Gasteiger partial charge in [-0.1, -0.05) is 47.6 Å². The fourth-order valence-corrected chi connectivity index (χ4v) is 19.2. The molecule has 9 rings (SSSR count).